The number of carbonyl (C=O) groups is 1. The van der Waals surface area contributed by atoms with Crippen molar-refractivity contribution in [1.29, 1.82) is 0 Å². The molecule has 5 nitrogen and oxygen atoms in total. The van der Waals surface area contributed by atoms with Gasteiger partial charge in [-0.05, 0) is 37.8 Å². The second-order valence-corrected chi connectivity index (χ2v) is 8.03. The molecular weight excluding hydrogens is 394 g/mol. The highest BCUT2D eigenvalue weighted by molar-refractivity contribution is 7.99. The Morgan fingerprint density at radius 3 is 2.66 bits per heavy atom. The minimum Gasteiger partial charge on any atom is -0.353 e. The number of hydrogen-bond acceptors (Lipinski definition) is 4. The molecule has 1 heterocycles. The van der Waals surface area contributed by atoms with Crippen molar-refractivity contribution in [1.82, 2.24) is 20.1 Å². The van der Waals surface area contributed by atoms with E-state index in [0.717, 1.165) is 24.5 Å². The maximum absolute atomic E-state index is 14.6. The number of hydrogen-bond donors (Lipinski definition) is 1. The van der Waals surface area contributed by atoms with E-state index in [9.17, 15) is 13.6 Å². The second-order valence-electron chi connectivity index (χ2n) is 7.09. The van der Waals surface area contributed by atoms with Gasteiger partial charge in [-0.2, -0.15) is 0 Å². The summed E-state index contributed by atoms with van der Waals surface area (Å²) in [4.78, 5) is 12.3. The zero-order valence-electron chi connectivity index (χ0n) is 15.8. The van der Waals surface area contributed by atoms with E-state index in [-0.39, 0.29) is 23.4 Å². The van der Waals surface area contributed by atoms with Gasteiger partial charge in [-0.3, -0.25) is 9.36 Å². The van der Waals surface area contributed by atoms with Gasteiger partial charge in [-0.1, -0.05) is 42.1 Å². The van der Waals surface area contributed by atoms with Crippen LogP contribution in [0.2, 0.25) is 0 Å². The Labute approximate surface area is 171 Å². The molecule has 1 N–H and O–H groups in total. The smallest absolute Gasteiger partial charge is 0.230 e. The fourth-order valence-corrected chi connectivity index (χ4v) is 3.91. The maximum Gasteiger partial charge on any atom is 0.230 e. The van der Waals surface area contributed by atoms with Crippen LogP contribution in [-0.2, 0) is 4.79 Å². The normalized spacial score (nSPS) is 14.6. The fraction of sp³-hybridized carbons (Fsp3) is 0.286. The van der Waals surface area contributed by atoms with Gasteiger partial charge in [-0.25, -0.2) is 8.78 Å². The van der Waals surface area contributed by atoms with Crippen LogP contribution in [0.15, 0.2) is 53.7 Å². The standard InChI is InChI=1S/C21H20F2N4OS/c1-13(14-7-8-14)24-19(28)12-29-21-26-25-20(15-5-3-2-4-6-15)27(21)18-10-9-16(22)11-17(18)23/h2-6,9-11,13-14H,7-8,12H2,1H3,(H,24,28). The van der Waals surface area contributed by atoms with Crippen molar-refractivity contribution in [3.63, 3.8) is 0 Å². The second kappa shape index (κ2) is 8.32. The predicted octanol–water partition coefficient (Wildman–Crippen LogP) is 4.22. The summed E-state index contributed by atoms with van der Waals surface area (Å²) < 4.78 is 29.5. The largest absolute Gasteiger partial charge is 0.353 e. The van der Waals surface area contributed by atoms with Crippen molar-refractivity contribution in [2.75, 3.05) is 5.75 Å². The van der Waals surface area contributed by atoms with Crippen LogP contribution in [0, 0.1) is 17.6 Å². The van der Waals surface area contributed by atoms with E-state index in [1.165, 1.54) is 28.5 Å². The molecule has 8 heteroatoms. The molecule has 1 aliphatic rings. The molecule has 1 unspecified atom stereocenters. The lowest BCUT2D eigenvalue weighted by Gasteiger charge is -2.13. The van der Waals surface area contributed by atoms with E-state index < -0.39 is 11.6 Å². The average Bonchev–Trinajstić information content (AvgIpc) is 3.48. The first-order chi connectivity index (χ1) is 14.0. The molecular formula is C21H20F2N4OS. The highest BCUT2D eigenvalue weighted by Crippen LogP contribution is 2.33. The molecule has 29 heavy (non-hydrogen) atoms. The summed E-state index contributed by atoms with van der Waals surface area (Å²) in [6.45, 7) is 2.00. The number of carbonyl (C=O) groups excluding carboxylic acids is 1. The Balaban J connectivity index is 1.63. The number of nitrogens with one attached hydrogen (secondary N) is 1. The minimum atomic E-state index is -0.726. The van der Waals surface area contributed by atoms with Crippen molar-refractivity contribution in [3.05, 3.63) is 60.2 Å². The van der Waals surface area contributed by atoms with E-state index in [2.05, 4.69) is 15.5 Å². The van der Waals surface area contributed by atoms with Crippen LogP contribution < -0.4 is 5.32 Å². The number of aromatic nitrogens is 3. The first kappa shape index (κ1) is 19.6. The summed E-state index contributed by atoms with van der Waals surface area (Å²) in [6.07, 6.45) is 2.29. The van der Waals surface area contributed by atoms with Crippen LogP contribution in [-0.4, -0.2) is 32.5 Å². The molecule has 0 bridgehead atoms. The fourth-order valence-electron chi connectivity index (χ4n) is 3.16. The lowest BCUT2D eigenvalue weighted by molar-refractivity contribution is -0.119. The van der Waals surface area contributed by atoms with Crippen molar-refractivity contribution >= 4 is 17.7 Å². The third-order valence-electron chi connectivity index (χ3n) is 4.87. The molecule has 0 saturated heterocycles. The van der Waals surface area contributed by atoms with Crippen molar-refractivity contribution in [2.45, 2.75) is 31.0 Å². The van der Waals surface area contributed by atoms with E-state index in [1.807, 2.05) is 37.3 Å². The Morgan fingerprint density at radius 2 is 1.97 bits per heavy atom. The number of thioether (sulfide) groups is 1. The van der Waals surface area contributed by atoms with Gasteiger partial charge in [0, 0.05) is 17.7 Å². The topological polar surface area (TPSA) is 59.8 Å². The summed E-state index contributed by atoms with van der Waals surface area (Å²) in [5.41, 5.74) is 0.867. The molecule has 0 aliphatic heterocycles. The van der Waals surface area contributed by atoms with E-state index in [4.69, 9.17) is 0 Å². The zero-order chi connectivity index (χ0) is 20.4. The van der Waals surface area contributed by atoms with Crippen LogP contribution in [0.3, 0.4) is 0 Å². The van der Waals surface area contributed by atoms with Crippen LogP contribution >= 0.6 is 11.8 Å². The van der Waals surface area contributed by atoms with Gasteiger partial charge >= 0.3 is 0 Å². The Bertz CT molecular complexity index is 1020. The molecule has 4 rings (SSSR count). The monoisotopic (exact) mass is 414 g/mol. The Hall–Kier alpha value is -2.74. The van der Waals surface area contributed by atoms with Crippen molar-refractivity contribution in [3.8, 4) is 17.1 Å². The molecule has 1 amide bonds. The lowest BCUT2D eigenvalue weighted by atomic mass is 10.2. The van der Waals surface area contributed by atoms with Crippen molar-refractivity contribution in [2.24, 2.45) is 5.92 Å². The summed E-state index contributed by atoms with van der Waals surface area (Å²) in [7, 11) is 0. The Morgan fingerprint density at radius 1 is 1.21 bits per heavy atom. The molecule has 1 atom stereocenters. The van der Waals surface area contributed by atoms with Gasteiger partial charge in [0.2, 0.25) is 5.91 Å². The van der Waals surface area contributed by atoms with Crippen LogP contribution in [0.4, 0.5) is 8.78 Å². The predicted molar refractivity (Wildman–Crippen MR) is 108 cm³/mol. The third kappa shape index (κ3) is 4.48. The number of benzene rings is 2. The maximum atomic E-state index is 14.6. The highest BCUT2D eigenvalue weighted by atomic mass is 32.2. The van der Waals surface area contributed by atoms with Crippen LogP contribution in [0.1, 0.15) is 19.8 Å². The van der Waals surface area contributed by atoms with Crippen LogP contribution in [0.5, 0.6) is 0 Å². The quantitative estimate of drug-likeness (QED) is 0.588. The molecule has 0 spiro atoms. The van der Waals surface area contributed by atoms with Gasteiger partial charge < -0.3 is 5.32 Å². The molecule has 2 aromatic carbocycles. The molecule has 1 fully saturated rings. The SMILES string of the molecule is CC(NC(=O)CSc1nnc(-c2ccccc2)n1-c1ccc(F)cc1F)C1CC1. The number of nitrogens with zero attached hydrogens (tertiary/aromatic N) is 3. The zero-order valence-corrected chi connectivity index (χ0v) is 16.6. The van der Waals surface area contributed by atoms with Gasteiger partial charge in [-0.15, -0.1) is 10.2 Å². The first-order valence-electron chi connectivity index (χ1n) is 9.41. The third-order valence-corrected chi connectivity index (χ3v) is 5.80. The number of rotatable bonds is 7. The first-order valence-corrected chi connectivity index (χ1v) is 10.4. The summed E-state index contributed by atoms with van der Waals surface area (Å²) in [5.74, 6) is -0.382. The number of amides is 1. The van der Waals surface area contributed by atoms with Crippen molar-refractivity contribution < 1.29 is 13.6 Å². The van der Waals surface area contributed by atoms with Gasteiger partial charge in [0.05, 0.1) is 11.4 Å². The summed E-state index contributed by atoms with van der Waals surface area (Å²) in [5, 5.41) is 11.7. The van der Waals surface area contributed by atoms with Gasteiger partial charge in [0.15, 0.2) is 11.0 Å². The summed E-state index contributed by atoms with van der Waals surface area (Å²) >= 11 is 1.17. The number of halogens is 2. The lowest BCUT2D eigenvalue weighted by Crippen LogP contribution is -2.35. The molecule has 1 aliphatic carbocycles. The molecule has 1 saturated carbocycles. The minimum absolute atomic E-state index is 0.107. The molecule has 3 aromatic rings. The van der Waals surface area contributed by atoms with Crippen LogP contribution in [0.25, 0.3) is 17.1 Å². The molecule has 150 valence electrons. The van der Waals surface area contributed by atoms with E-state index in [1.54, 1.807) is 0 Å². The van der Waals surface area contributed by atoms with Gasteiger partial charge in [0.25, 0.3) is 0 Å². The van der Waals surface area contributed by atoms with Gasteiger partial charge in [0.1, 0.15) is 11.6 Å². The molecule has 0 radical (unpaired) electrons. The Kier molecular flexibility index (Phi) is 5.62. The van der Waals surface area contributed by atoms with E-state index in [0.29, 0.717) is 16.9 Å². The highest BCUT2D eigenvalue weighted by Gasteiger charge is 2.29. The van der Waals surface area contributed by atoms with E-state index >= 15 is 0 Å². The average molecular weight is 414 g/mol. The molecule has 1 aromatic heterocycles. The summed E-state index contributed by atoms with van der Waals surface area (Å²) in [6, 6.07) is 12.7.